The number of hydrogen-bond donors (Lipinski definition) is 0. The summed E-state index contributed by atoms with van der Waals surface area (Å²) in [4.78, 5) is 45.0. The van der Waals surface area contributed by atoms with Gasteiger partial charge in [-0.25, -0.2) is 18.2 Å². The number of carbonyl (C=O) groups is 3. The Kier molecular flexibility index (Phi) is 16.2. The topological polar surface area (TPSA) is 119 Å². The molecule has 0 N–H and O–H groups in total. The molecule has 11 nitrogen and oxygen atoms in total. The van der Waals surface area contributed by atoms with Crippen molar-refractivity contribution in [3.8, 4) is 11.5 Å². The van der Waals surface area contributed by atoms with Crippen molar-refractivity contribution in [3.63, 3.8) is 0 Å². The second-order valence-corrected chi connectivity index (χ2v) is 14.4. The van der Waals surface area contributed by atoms with Crippen molar-refractivity contribution in [2.75, 3.05) is 26.6 Å². The third kappa shape index (κ3) is 13.6. The second-order valence-electron chi connectivity index (χ2n) is 11.2. The predicted octanol–water partition coefficient (Wildman–Crippen LogP) is 8.84. The number of carbonyl (C=O) groups excluding carboxylic acids is 3. The maximum Gasteiger partial charge on any atom is 0.447 e. The third-order valence-electron chi connectivity index (χ3n) is 6.79. The van der Waals surface area contributed by atoms with E-state index in [1.807, 2.05) is 67.1 Å². The molecule has 0 saturated heterocycles. The zero-order valence-electron chi connectivity index (χ0n) is 28.5. The molecule has 256 valence electrons. The van der Waals surface area contributed by atoms with Crippen molar-refractivity contribution < 1.29 is 33.5 Å². The molecule has 47 heavy (non-hydrogen) atoms. The van der Waals surface area contributed by atoms with Crippen LogP contribution in [0.15, 0.2) is 76.6 Å². The van der Waals surface area contributed by atoms with Gasteiger partial charge in [0.1, 0.15) is 28.2 Å². The molecular weight excluding hydrogens is 661 g/mol. The van der Waals surface area contributed by atoms with E-state index < -0.39 is 12.2 Å². The van der Waals surface area contributed by atoms with Crippen LogP contribution < -0.4 is 4.74 Å². The van der Waals surface area contributed by atoms with Gasteiger partial charge in [-0.3, -0.25) is 14.5 Å². The van der Waals surface area contributed by atoms with Crippen LogP contribution in [0.5, 0.6) is 11.5 Å². The van der Waals surface area contributed by atoms with Gasteiger partial charge in [-0.05, 0) is 81.4 Å². The summed E-state index contributed by atoms with van der Waals surface area (Å²) in [5, 5.41) is 8.42. The molecule has 0 radical (unpaired) electrons. The number of allylic oxidation sites excluding steroid dienone is 2. The Morgan fingerprint density at radius 1 is 0.830 bits per heavy atom. The maximum absolute atomic E-state index is 12.5. The van der Waals surface area contributed by atoms with Crippen LogP contribution in [-0.2, 0) is 25.8 Å². The number of hydrogen-bond acceptors (Lipinski definition) is 12. The van der Waals surface area contributed by atoms with Gasteiger partial charge < -0.3 is 9.47 Å². The van der Waals surface area contributed by atoms with Crippen molar-refractivity contribution in [2.45, 2.75) is 48.1 Å². The quantitative estimate of drug-likeness (QED) is 0.0451. The van der Waals surface area contributed by atoms with E-state index in [1.165, 1.54) is 43.2 Å². The molecule has 0 bridgehead atoms. The van der Waals surface area contributed by atoms with E-state index in [-0.39, 0.29) is 29.8 Å². The molecule has 1 aliphatic rings. The minimum atomic E-state index is -0.711. The van der Waals surface area contributed by atoms with Crippen molar-refractivity contribution in [1.29, 1.82) is 0 Å². The van der Waals surface area contributed by atoms with Gasteiger partial charge in [-0.15, -0.1) is 23.5 Å². The fourth-order valence-electron chi connectivity index (χ4n) is 4.01. The molecule has 2 unspecified atom stereocenters. The second kappa shape index (κ2) is 19.3. The van der Waals surface area contributed by atoms with Crippen LogP contribution in [0.3, 0.4) is 0 Å². The molecule has 3 rings (SSSR count). The smallest absolute Gasteiger partial charge is 0.447 e. The first kappa shape index (κ1) is 39.6. The number of esters is 1. The normalized spacial score (nSPS) is 16.5. The van der Waals surface area contributed by atoms with E-state index in [0.29, 0.717) is 10.1 Å². The minimum absolute atomic E-state index is 0.0212. The number of rotatable bonds is 10. The number of ether oxygens (including phenoxy) is 2. The molecule has 1 fully saturated rings. The average Bonchev–Trinajstić information content (AvgIpc) is 3.59. The number of benzene rings is 2. The van der Waals surface area contributed by atoms with Gasteiger partial charge in [-0.2, -0.15) is 0 Å². The van der Waals surface area contributed by atoms with E-state index >= 15 is 0 Å². The molecule has 2 aromatic rings. The monoisotopic (exact) mass is 704 g/mol. The standard InChI is InChI=1S/C23H26O3.C10H18N4O4S3/c1-16(2)13-20-21(23(20,3)4)22(24)25-15-17-9-8-12-19(14-17)26-18-10-6-5-7-11-18;1-7(19-5)11-17-9(15)13(3)21-14(4)10(16)18-12-8(2)20-6/h5-14,20-21H,15H2,1-4H3;1-6H3/b;11-7-,12-8-. The third-order valence-corrected chi connectivity index (χ3v) is 8.91. The summed E-state index contributed by atoms with van der Waals surface area (Å²) < 4.78 is 13.6. The molecule has 2 atom stereocenters. The van der Waals surface area contributed by atoms with Crippen LogP contribution in [0.4, 0.5) is 9.59 Å². The molecule has 0 aromatic heterocycles. The van der Waals surface area contributed by atoms with Crippen LogP contribution in [0.2, 0.25) is 0 Å². The molecule has 0 heterocycles. The van der Waals surface area contributed by atoms with E-state index in [4.69, 9.17) is 9.47 Å². The van der Waals surface area contributed by atoms with Gasteiger partial charge >= 0.3 is 18.2 Å². The number of thioether (sulfide) groups is 2. The van der Waals surface area contributed by atoms with E-state index in [1.54, 1.807) is 13.8 Å². The lowest BCUT2D eigenvalue weighted by Gasteiger charge is -2.19. The highest BCUT2D eigenvalue weighted by Gasteiger charge is 2.61. The van der Waals surface area contributed by atoms with Crippen molar-refractivity contribution in [1.82, 2.24) is 8.61 Å². The fraction of sp³-hybridized carbons (Fsp3) is 0.424. The van der Waals surface area contributed by atoms with Crippen LogP contribution in [0, 0.1) is 17.3 Å². The molecular formula is C33H44N4O7S3. The first-order chi connectivity index (χ1) is 22.2. The molecule has 14 heteroatoms. The number of nitrogens with zero attached hydrogens (tertiary/aromatic N) is 4. The first-order valence-electron chi connectivity index (χ1n) is 14.6. The highest BCUT2D eigenvalue weighted by atomic mass is 32.2. The Morgan fingerprint density at radius 3 is 1.87 bits per heavy atom. The fourth-order valence-corrected chi connectivity index (χ4v) is 4.80. The van der Waals surface area contributed by atoms with Crippen molar-refractivity contribution in [3.05, 3.63) is 71.8 Å². The lowest BCUT2D eigenvalue weighted by atomic mass is 10.1. The molecule has 1 saturated carbocycles. The minimum Gasteiger partial charge on any atom is -0.461 e. The Bertz CT molecular complexity index is 1410. The number of para-hydroxylation sites is 1. The predicted molar refractivity (Wildman–Crippen MR) is 192 cm³/mol. The zero-order valence-corrected chi connectivity index (χ0v) is 31.0. The van der Waals surface area contributed by atoms with Gasteiger partial charge in [0, 0.05) is 14.1 Å². The van der Waals surface area contributed by atoms with Crippen LogP contribution in [0.1, 0.15) is 47.1 Å². The summed E-state index contributed by atoms with van der Waals surface area (Å²) >= 11 is 3.51. The molecule has 1 aliphatic carbocycles. The van der Waals surface area contributed by atoms with Crippen molar-refractivity contribution >= 4 is 63.9 Å². The Labute approximate surface area is 290 Å². The lowest BCUT2D eigenvalue weighted by Crippen LogP contribution is -2.28. The summed E-state index contributed by atoms with van der Waals surface area (Å²) in [7, 11) is 2.88. The van der Waals surface area contributed by atoms with Gasteiger partial charge in [0.25, 0.3) is 0 Å². The SMILES string of the molecule is CC(C)=CC1C(C(=O)OCc2cccc(Oc3ccccc3)c2)C1(C)C.CS/C(C)=N\OC(=O)N(C)SN(C)C(=O)O/N=C(/C)SC. The average molecular weight is 705 g/mol. The highest BCUT2D eigenvalue weighted by Crippen LogP contribution is 2.59. The lowest BCUT2D eigenvalue weighted by molar-refractivity contribution is -0.147. The maximum atomic E-state index is 12.5. The van der Waals surface area contributed by atoms with Gasteiger partial charge in [-0.1, -0.05) is 66.1 Å². The van der Waals surface area contributed by atoms with Crippen LogP contribution in [0.25, 0.3) is 0 Å². The summed E-state index contributed by atoms with van der Waals surface area (Å²) in [6.45, 7) is 12.1. The van der Waals surface area contributed by atoms with Crippen LogP contribution in [-0.4, -0.2) is 63.5 Å². The van der Waals surface area contributed by atoms with Gasteiger partial charge in [0.2, 0.25) is 0 Å². The number of oxime groups is 2. The van der Waals surface area contributed by atoms with E-state index in [9.17, 15) is 14.4 Å². The van der Waals surface area contributed by atoms with E-state index in [0.717, 1.165) is 37.8 Å². The Balaban J connectivity index is 0.000000336. The van der Waals surface area contributed by atoms with Gasteiger partial charge in [0.15, 0.2) is 0 Å². The summed E-state index contributed by atoms with van der Waals surface area (Å²) in [6.07, 6.45) is 4.38. The summed E-state index contributed by atoms with van der Waals surface area (Å²) in [6, 6.07) is 17.3. The molecule has 2 aromatic carbocycles. The summed E-state index contributed by atoms with van der Waals surface area (Å²) in [5.74, 6) is 1.62. The molecule has 2 amide bonds. The number of amides is 2. The van der Waals surface area contributed by atoms with Crippen molar-refractivity contribution in [2.24, 2.45) is 27.6 Å². The van der Waals surface area contributed by atoms with Crippen LogP contribution >= 0.6 is 35.7 Å². The highest BCUT2D eigenvalue weighted by molar-refractivity contribution is 8.13. The van der Waals surface area contributed by atoms with E-state index in [2.05, 4.69) is 53.8 Å². The summed E-state index contributed by atoms with van der Waals surface area (Å²) in [5.41, 5.74) is 2.14. The Hall–Kier alpha value is -3.62. The van der Waals surface area contributed by atoms with Gasteiger partial charge in [0.05, 0.1) is 18.1 Å². The molecule has 0 aliphatic heterocycles. The first-order valence-corrected chi connectivity index (χ1v) is 17.8. The largest absolute Gasteiger partial charge is 0.461 e. The zero-order chi connectivity index (χ0) is 35.1. The Morgan fingerprint density at radius 2 is 1.36 bits per heavy atom. The molecule has 0 spiro atoms.